The van der Waals surface area contributed by atoms with Gasteiger partial charge in [-0.2, -0.15) is 11.8 Å². The molecule has 0 aliphatic carbocycles. The second kappa shape index (κ2) is 10.9. The molecule has 1 N–H and O–H groups in total. The molecule has 1 rings (SSSR count). The van der Waals surface area contributed by atoms with Crippen molar-refractivity contribution in [2.24, 2.45) is 4.99 Å². The Balaban J connectivity index is 2.53. The summed E-state index contributed by atoms with van der Waals surface area (Å²) >= 11 is 1.81. The maximum Gasteiger partial charge on any atom is 0.215 e. The molecule has 1 heterocycles. The molecule has 1 aliphatic heterocycles. The summed E-state index contributed by atoms with van der Waals surface area (Å²) in [6.45, 7) is 8.90. The number of hydrogen-bond donors (Lipinski definition) is 1. The molecule has 0 saturated carbocycles. The highest BCUT2D eigenvalue weighted by atomic mass is 32.2. The highest BCUT2D eigenvalue weighted by molar-refractivity contribution is 7.99. The molecular formula is C15H30N4O2S2. The van der Waals surface area contributed by atoms with Crippen LogP contribution in [0.1, 0.15) is 19.8 Å². The van der Waals surface area contributed by atoms with Crippen LogP contribution in [-0.2, 0) is 10.0 Å². The Morgan fingerprint density at radius 1 is 1.43 bits per heavy atom. The number of sulfonamides is 1. The lowest BCUT2D eigenvalue weighted by Crippen LogP contribution is -2.41. The van der Waals surface area contributed by atoms with Gasteiger partial charge in [0.2, 0.25) is 10.0 Å². The lowest BCUT2D eigenvalue weighted by molar-refractivity contribution is 0.443. The second-order valence-electron chi connectivity index (χ2n) is 5.42. The van der Waals surface area contributed by atoms with Crippen LogP contribution in [0.5, 0.6) is 0 Å². The maximum atomic E-state index is 12.3. The summed E-state index contributed by atoms with van der Waals surface area (Å²) in [6, 6.07) is 0. The first-order valence-corrected chi connectivity index (χ1v) is 10.9. The molecule has 0 aromatic carbocycles. The smallest absolute Gasteiger partial charge is 0.215 e. The molecule has 0 spiro atoms. The van der Waals surface area contributed by atoms with Crippen LogP contribution in [-0.4, -0.2) is 80.6 Å². The van der Waals surface area contributed by atoms with Gasteiger partial charge >= 0.3 is 0 Å². The molecule has 0 atom stereocenters. The molecular weight excluding hydrogens is 332 g/mol. The summed E-state index contributed by atoms with van der Waals surface area (Å²) < 4.78 is 26.2. The lowest BCUT2D eigenvalue weighted by atomic mass is 10.3. The van der Waals surface area contributed by atoms with Crippen LogP contribution in [0.4, 0.5) is 0 Å². The van der Waals surface area contributed by atoms with Gasteiger partial charge in [0.15, 0.2) is 5.96 Å². The summed E-state index contributed by atoms with van der Waals surface area (Å²) in [5.41, 5.74) is 0. The van der Waals surface area contributed by atoms with E-state index < -0.39 is 10.0 Å². The molecule has 0 amide bonds. The predicted octanol–water partition coefficient (Wildman–Crippen LogP) is 1.23. The Morgan fingerprint density at radius 3 is 2.74 bits per heavy atom. The SMILES string of the molecule is C=CCCCN(C)C(=NCCS(=O)(=O)N1CCSCC1)NCC. The predicted molar refractivity (Wildman–Crippen MR) is 101 cm³/mol. The topological polar surface area (TPSA) is 65.0 Å². The molecule has 0 unspecified atom stereocenters. The normalized spacial score (nSPS) is 17.0. The van der Waals surface area contributed by atoms with Gasteiger partial charge in [-0.25, -0.2) is 12.7 Å². The summed E-state index contributed by atoms with van der Waals surface area (Å²) in [7, 11) is -1.21. The van der Waals surface area contributed by atoms with E-state index in [1.807, 2.05) is 24.9 Å². The van der Waals surface area contributed by atoms with Crippen molar-refractivity contribution in [2.45, 2.75) is 19.8 Å². The largest absolute Gasteiger partial charge is 0.357 e. The monoisotopic (exact) mass is 362 g/mol. The Morgan fingerprint density at radius 2 is 2.13 bits per heavy atom. The molecule has 6 nitrogen and oxygen atoms in total. The number of unbranched alkanes of at least 4 members (excludes halogenated alkanes) is 1. The average Bonchev–Trinajstić information content (AvgIpc) is 2.55. The van der Waals surface area contributed by atoms with E-state index in [0.717, 1.165) is 43.4 Å². The Kier molecular flexibility index (Phi) is 9.66. The van der Waals surface area contributed by atoms with E-state index in [0.29, 0.717) is 19.6 Å². The van der Waals surface area contributed by atoms with Gasteiger partial charge < -0.3 is 10.2 Å². The van der Waals surface area contributed by atoms with Crippen molar-refractivity contribution in [3.8, 4) is 0 Å². The van der Waals surface area contributed by atoms with E-state index in [4.69, 9.17) is 0 Å². The quantitative estimate of drug-likeness (QED) is 0.289. The second-order valence-corrected chi connectivity index (χ2v) is 8.73. The number of rotatable bonds is 9. The fourth-order valence-corrected chi connectivity index (χ4v) is 4.72. The Bertz CT molecular complexity index is 474. The van der Waals surface area contributed by atoms with Crippen molar-refractivity contribution in [1.82, 2.24) is 14.5 Å². The van der Waals surface area contributed by atoms with Gasteiger partial charge in [0.05, 0.1) is 12.3 Å². The Labute approximate surface area is 145 Å². The van der Waals surface area contributed by atoms with Crippen LogP contribution >= 0.6 is 11.8 Å². The maximum absolute atomic E-state index is 12.3. The number of nitrogens with zero attached hydrogens (tertiary/aromatic N) is 3. The molecule has 23 heavy (non-hydrogen) atoms. The third-order valence-corrected chi connectivity index (χ3v) is 6.37. The van der Waals surface area contributed by atoms with E-state index >= 15 is 0 Å². The minimum absolute atomic E-state index is 0.0764. The zero-order chi connectivity index (χ0) is 17.1. The van der Waals surface area contributed by atoms with Gasteiger partial charge in [0.25, 0.3) is 0 Å². The van der Waals surface area contributed by atoms with Crippen molar-refractivity contribution in [3.63, 3.8) is 0 Å². The van der Waals surface area contributed by atoms with E-state index in [1.54, 1.807) is 16.1 Å². The number of aliphatic imine (C=N–C) groups is 1. The third kappa shape index (κ3) is 7.58. The molecule has 0 bridgehead atoms. The molecule has 0 aromatic heterocycles. The van der Waals surface area contributed by atoms with Crippen LogP contribution in [0.3, 0.4) is 0 Å². The Hall–Kier alpha value is -0.730. The molecule has 1 fully saturated rings. The zero-order valence-electron chi connectivity index (χ0n) is 14.3. The first-order valence-electron chi connectivity index (χ1n) is 8.17. The minimum Gasteiger partial charge on any atom is -0.357 e. The first-order chi connectivity index (χ1) is 11.0. The zero-order valence-corrected chi connectivity index (χ0v) is 16.0. The number of hydrogen-bond acceptors (Lipinski definition) is 4. The fourth-order valence-electron chi connectivity index (χ4n) is 2.27. The molecule has 134 valence electrons. The van der Waals surface area contributed by atoms with Gasteiger partial charge in [-0.15, -0.1) is 6.58 Å². The number of thioether (sulfide) groups is 1. The molecule has 1 aliphatic rings. The highest BCUT2D eigenvalue weighted by Crippen LogP contribution is 2.13. The van der Waals surface area contributed by atoms with Crippen LogP contribution < -0.4 is 5.32 Å². The lowest BCUT2D eigenvalue weighted by Gasteiger charge is -2.25. The van der Waals surface area contributed by atoms with Gasteiger partial charge in [-0.3, -0.25) is 4.99 Å². The van der Waals surface area contributed by atoms with Crippen molar-refractivity contribution >= 4 is 27.7 Å². The van der Waals surface area contributed by atoms with Crippen molar-refractivity contribution in [2.75, 3.05) is 57.0 Å². The summed E-state index contributed by atoms with van der Waals surface area (Å²) in [5, 5.41) is 3.21. The van der Waals surface area contributed by atoms with Crippen LogP contribution in [0.2, 0.25) is 0 Å². The van der Waals surface area contributed by atoms with Gasteiger partial charge in [-0.05, 0) is 19.8 Å². The van der Waals surface area contributed by atoms with Crippen molar-refractivity contribution in [1.29, 1.82) is 0 Å². The number of nitrogens with one attached hydrogen (secondary N) is 1. The average molecular weight is 363 g/mol. The molecule has 1 saturated heterocycles. The van der Waals surface area contributed by atoms with E-state index in [-0.39, 0.29) is 5.75 Å². The number of guanidine groups is 1. The molecule has 0 radical (unpaired) electrons. The molecule has 0 aromatic rings. The van der Waals surface area contributed by atoms with Crippen LogP contribution in [0, 0.1) is 0 Å². The number of allylic oxidation sites excluding steroid dienone is 1. The summed E-state index contributed by atoms with van der Waals surface area (Å²) in [5.74, 6) is 2.61. The van der Waals surface area contributed by atoms with Gasteiger partial charge in [-0.1, -0.05) is 6.08 Å². The van der Waals surface area contributed by atoms with Gasteiger partial charge in [0, 0.05) is 44.7 Å². The van der Waals surface area contributed by atoms with Crippen molar-refractivity contribution < 1.29 is 8.42 Å². The van der Waals surface area contributed by atoms with Crippen molar-refractivity contribution in [3.05, 3.63) is 12.7 Å². The van der Waals surface area contributed by atoms with E-state index in [2.05, 4.69) is 16.9 Å². The van der Waals surface area contributed by atoms with Crippen LogP contribution in [0.15, 0.2) is 17.6 Å². The standard InChI is InChI=1S/C15H30N4O2S2/c1-4-6-7-9-18(3)15(16-5-2)17-8-14-23(20,21)19-10-12-22-13-11-19/h4H,1,5-14H2,2-3H3,(H,16,17). The summed E-state index contributed by atoms with van der Waals surface area (Å²) in [4.78, 5) is 6.51. The highest BCUT2D eigenvalue weighted by Gasteiger charge is 2.23. The fraction of sp³-hybridized carbons (Fsp3) is 0.800. The first kappa shape index (κ1) is 20.3. The molecule has 8 heteroatoms. The van der Waals surface area contributed by atoms with Gasteiger partial charge in [0.1, 0.15) is 0 Å². The third-order valence-electron chi connectivity index (χ3n) is 3.57. The van der Waals surface area contributed by atoms with E-state index in [9.17, 15) is 8.42 Å². The minimum atomic E-state index is -3.19. The van der Waals surface area contributed by atoms with E-state index in [1.165, 1.54) is 0 Å². The van der Waals surface area contributed by atoms with Crippen LogP contribution in [0.25, 0.3) is 0 Å². The summed E-state index contributed by atoms with van der Waals surface area (Å²) in [6.07, 6.45) is 3.88.